The fourth-order valence-electron chi connectivity index (χ4n) is 2.82. The normalized spacial score (nSPS) is 11.8. The Morgan fingerprint density at radius 2 is 1.79 bits per heavy atom. The number of methoxy groups -OCH3 is 1. The number of carbonyl (C=O) groups excluding carboxylic acids is 2. The van der Waals surface area contributed by atoms with E-state index in [1.165, 1.54) is 17.3 Å². The molecule has 0 aliphatic heterocycles. The van der Waals surface area contributed by atoms with Gasteiger partial charge in [0.25, 0.3) is 0 Å². The summed E-state index contributed by atoms with van der Waals surface area (Å²) in [5.74, 6) is 0.761. The van der Waals surface area contributed by atoms with Crippen molar-refractivity contribution in [1.82, 2.24) is 10.2 Å². The van der Waals surface area contributed by atoms with E-state index in [9.17, 15) is 9.59 Å². The van der Waals surface area contributed by atoms with Crippen LogP contribution in [0.3, 0.4) is 0 Å². The van der Waals surface area contributed by atoms with Crippen LogP contribution in [0.2, 0.25) is 0 Å². The summed E-state index contributed by atoms with van der Waals surface area (Å²) in [6, 6.07) is 15.1. The van der Waals surface area contributed by atoms with E-state index in [2.05, 4.69) is 5.32 Å². The zero-order valence-electron chi connectivity index (χ0n) is 17.8. The number of nitrogens with one attached hydrogen (secondary N) is 1. The predicted molar refractivity (Wildman–Crippen MR) is 118 cm³/mol. The third kappa shape index (κ3) is 7.13. The Morgan fingerprint density at radius 3 is 2.41 bits per heavy atom. The minimum absolute atomic E-state index is 0.0145. The molecule has 1 N–H and O–H groups in total. The number of hydrogen-bond acceptors (Lipinski definition) is 4. The summed E-state index contributed by atoms with van der Waals surface area (Å²) < 4.78 is 5.29. The average molecular weight is 415 g/mol. The standard InChI is InChI=1S/C23H30N2O3S/c1-16(2)24-23(27)18(4)25(14-19-7-6-8-20(13-19)28-5)22(26)15-29-21-11-9-17(3)10-12-21/h6-13,16,18H,14-15H2,1-5H3,(H,24,27). The first-order valence-electron chi connectivity index (χ1n) is 9.72. The molecule has 0 fully saturated rings. The highest BCUT2D eigenvalue weighted by Crippen LogP contribution is 2.21. The molecule has 2 amide bonds. The molecule has 0 aliphatic carbocycles. The lowest BCUT2D eigenvalue weighted by Crippen LogP contribution is -2.49. The minimum Gasteiger partial charge on any atom is -0.497 e. The van der Waals surface area contributed by atoms with Gasteiger partial charge in [-0.25, -0.2) is 0 Å². The largest absolute Gasteiger partial charge is 0.497 e. The van der Waals surface area contributed by atoms with Crippen molar-refractivity contribution in [3.05, 3.63) is 59.7 Å². The fraction of sp³-hybridized carbons (Fsp3) is 0.391. The number of aryl methyl sites for hydroxylation is 1. The topological polar surface area (TPSA) is 58.6 Å². The Hall–Kier alpha value is -2.47. The summed E-state index contributed by atoms with van der Waals surface area (Å²) >= 11 is 1.48. The van der Waals surface area contributed by atoms with Crippen molar-refractivity contribution in [1.29, 1.82) is 0 Å². The maximum Gasteiger partial charge on any atom is 0.242 e. The van der Waals surface area contributed by atoms with Crippen LogP contribution in [0.15, 0.2) is 53.4 Å². The van der Waals surface area contributed by atoms with Gasteiger partial charge in [0.1, 0.15) is 11.8 Å². The van der Waals surface area contributed by atoms with Crippen LogP contribution >= 0.6 is 11.8 Å². The van der Waals surface area contributed by atoms with Crippen LogP contribution < -0.4 is 10.1 Å². The molecule has 6 heteroatoms. The first-order valence-corrected chi connectivity index (χ1v) is 10.7. The van der Waals surface area contributed by atoms with Crippen LogP contribution in [0.5, 0.6) is 5.75 Å². The van der Waals surface area contributed by atoms with Crippen molar-refractivity contribution in [2.45, 2.75) is 51.2 Å². The van der Waals surface area contributed by atoms with Crippen LogP contribution in [0.25, 0.3) is 0 Å². The molecule has 2 aromatic rings. The maximum atomic E-state index is 13.1. The van der Waals surface area contributed by atoms with Crippen LogP contribution in [0, 0.1) is 6.92 Å². The molecule has 0 radical (unpaired) electrons. The van der Waals surface area contributed by atoms with Gasteiger partial charge < -0.3 is 15.0 Å². The summed E-state index contributed by atoms with van der Waals surface area (Å²) in [6.45, 7) is 7.96. The number of nitrogens with zero attached hydrogens (tertiary/aromatic N) is 1. The third-order valence-electron chi connectivity index (χ3n) is 4.47. The van der Waals surface area contributed by atoms with Crippen molar-refractivity contribution in [3.8, 4) is 5.75 Å². The van der Waals surface area contributed by atoms with Crippen LogP contribution in [0.1, 0.15) is 31.9 Å². The Kier molecular flexibility index (Phi) is 8.58. The molecule has 2 rings (SSSR count). The quantitative estimate of drug-likeness (QED) is 0.629. The van der Waals surface area contributed by atoms with Crippen LogP contribution in [0.4, 0.5) is 0 Å². The molecule has 0 saturated heterocycles. The molecule has 29 heavy (non-hydrogen) atoms. The number of carbonyl (C=O) groups is 2. The van der Waals surface area contributed by atoms with Gasteiger partial charge in [0.05, 0.1) is 12.9 Å². The summed E-state index contributed by atoms with van der Waals surface area (Å²) in [5.41, 5.74) is 2.10. The Balaban J connectivity index is 2.16. The minimum atomic E-state index is -0.574. The number of ether oxygens (including phenoxy) is 1. The molecule has 0 bridgehead atoms. The molecule has 0 spiro atoms. The van der Waals surface area contributed by atoms with Crippen molar-refractivity contribution >= 4 is 23.6 Å². The molecule has 2 aromatic carbocycles. The zero-order chi connectivity index (χ0) is 21.4. The van der Waals surface area contributed by atoms with Gasteiger partial charge in [0.2, 0.25) is 11.8 Å². The molecular weight excluding hydrogens is 384 g/mol. The smallest absolute Gasteiger partial charge is 0.242 e. The van der Waals surface area contributed by atoms with Crippen molar-refractivity contribution in [2.75, 3.05) is 12.9 Å². The van der Waals surface area contributed by atoms with Gasteiger partial charge in [-0.2, -0.15) is 0 Å². The number of thioether (sulfide) groups is 1. The van der Waals surface area contributed by atoms with Crippen molar-refractivity contribution < 1.29 is 14.3 Å². The SMILES string of the molecule is COc1cccc(CN(C(=O)CSc2ccc(C)cc2)C(C)C(=O)NC(C)C)c1. The second kappa shape index (κ2) is 10.9. The van der Waals surface area contributed by atoms with Gasteiger partial charge in [0.15, 0.2) is 0 Å². The van der Waals surface area contributed by atoms with Gasteiger partial charge in [0, 0.05) is 17.5 Å². The molecule has 156 valence electrons. The van der Waals surface area contributed by atoms with Crippen LogP contribution in [-0.4, -0.2) is 41.7 Å². The molecular formula is C23H30N2O3S. The summed E-state index contributed by atoms with van der Waals surface area (Å²) in [6.07, 6.45) is 0. The van der Waals surface area contributed by atoms with E-state index in [4.69, 9.17) is 4.74 Å². The molecule has 5 nitrogen and oxygen atoms in total. The van der Waals surface area contributed by atoms with Crippen molar-refractivity contribution in [3.63, 3.8) is 0 Å². The molecule has 0 aromatic heterocycles. The highest BCUT2D eigenvalue weighted by atomic mass is 32.2. The molecule has 1 unspecified atom stereocenters. The summed E-state index contributed by atoms with van der Waals surface area (Å²) in [4.78, 5) is 28.3. The van der Waals surface area contributed by atoms with E-state index in [-0.39, 0.29) is 23.6 Å². The van der Waals surface area contributed by atoms with Gasteiger partial charge in [-0.1, -0.05) is 29.8 Å². The molecule has 0 aliphatic rings. The van der Waals surface area contributed by atoms with Crippen molar-refractivity contribution in [2.24, 2.45) is 0 Å². The zero-order valence-corrected chi connectivity index (χ0v) is 18.6. The second-order valence-electron chi connectivity index (χ2n) is 7.31. The number of benzene rings is 2. The molecule has 0 saturated carbocycles. The lowest BCUT2D eigenvalue weighted by atomic mass is 10.1. The molecule has 0 heterocycles. The Morgan fingerprint density at radius 1 is 1.10 bits per heavy atom. The van der Waals surface area contributed by atoms with Gasteiger partial charge >= 0.3 is 0 Å². The highest BCUT2D eigenvalue weighted by Gasteiger charge is 2.26. The lowest BCUT2D eigenvalue weighted by molar-refractivity contribution is -0.138. The Bertz CT molecular complexity index is 821. The van der Waals surface area contributed by atoms with E-state index in [1.54, 1.807) is 18.9 Å². The third-order valence-corrected chi connectivity index (χ3v) is 5.47. The first kappa shape index (κ1) is 22.8. The highest BCUT2D eigenvalue weighted by molar-refractivity contribution is 8.00. The van der Waals surface area contributed by atoms with E-state index >= 15 is 0 Å². The van der Waals surface area contributed by atoms with Gasteiger partial charge in [-0.15, -0.1) is 11.8 Å². The van der Waals surface area contributed by atoms with E-state index in [1.807, 2.05) is 69.3 Å². The fourth-order valence-corrected chi connectivity index (χ4v) is 3.60. The van der Waals surface area contributed by atoms with E-state index in [0.29, 0.717) is 6.54 Å². The summed E-state index contributed by atoms with van der Waals surface area (Å²) in [5, 5.41) is 2.90. The van der Waals surface area contributed by atoms with Gasteiger partial charge in [-0.05, 0) is 57.5 Å². The van der Waals surface area contributed by atoms with Gasteiger partial charge in [-0.3, -0.25) is 9.59 Å². The first-order chi connectivity index (χ1) is 13.8. The predicted octanol–water partition coefficient (Wildman–Crippen LogP) is 4.04. The number of hydrogen-bond donors (Lipinski definition) is 1. The number of rotatable bonds is 9. The van der Waals surface area contributed by atoms with Crippen LogP contribution in [-0.2, 0) is 16.1 Å². The van der Waals surface area contributed by atoms with E-state index in [0.717, 1.165) is 16.2 Å². The average Bonchev–Trinajstić information content (AvgIpc) is 2.70. The monoisotopic (exact) mass is 414 g/mol. The van der Waals surface area contributed by atoms with E-state index < -0.39 is 6.04 Å². The Labute approximate surface area is 177 Å². The lowest BCUT2D eigenvalue weighted by Gasteiger charge is -2.29. The number of amides is 2. The maximum absolute atomic E-state index is 13.1. The summed E-state index contributed by atoms with van der Waals surface area (Å²) in [7, 11) is 1.61. The molecule has 1 atom stereocenters. The second-order valence-corrected chi connectivity index (χ2v) is 8.36.